The quantitative estimate of drug-likeness (QED) is 0.660. The van der Waals surface area contributed by atoms with Crippen LogP contribution < -0.4 is 24.8 Å². The van der Waals surface area contributed by atoms with Gasteiger partial charge in [-0.05, 0) is 60.6 Å². The van der Waals surface area contributed by atoms with Gasteiger partial charge in [0.05, 0.1) is 19.7 Å². The number of fused-ring (bicyclic) bond motifs is 9. The molecule has 1 saturated heterocycles. The Hall–Kier alpha value is -3.75. The minimum Gasteiger partial charge on any atom is -0.493 e. The third kappa shape index (κ3) is 6.53. The Morgan fingerprint density at radius 3 is 2.57 bits per heavy atom. The Bertz CT molecular complexity index is 1150. The van der Waals surface area contributed by atoms with Crippen molar-refractivity contribution >= 4 is 17.7 Å². The van der Waals surface area contributed by atoms with Gasteiger partial charge in [0.25, 0.3) is 5.91 Å². The van der Waals surface area contributed by atoms with Crippen LogP contribution in [0.25, 0.3) is 0 Å². The SMILES string of the molecule is COc1ccc2cc1OCC(=O)NCc1ccc(cc1)O[C@H]1CN(C(=O)CC3CC3)C[C@@H]1NC(=O)CC2. The number of aryl methyl sites for hydroxylation is 1. The van der Waals surface area contributed by atoms with Crippen LogP contribution in [0.1, 0.15) is 36.8 Å². The van der Waals surface area contributed by atoms with Gasteiger partial charge in [-0.3, -0.25) is 14.4 Å². The maximum absolute atomic E-state index is 12.9. The van der Waals surface area contributed by atoms with E-state index in [4.69, 9.17) is 14.2 Å². The Labute approximate surface area is 216 Å². The highest BCUT2D eigenvalue weighted by atomic mass is 16.5. The number of hydrogen-bond donors (Lipinski definition) is 2. The van der Waals surface area contributed by atoms with E-state index in [1.165, 1.54) is 0 Å². The fraction of sp³-hybridized carbons (Fsp3) is 0.464. The van der Waals surface area contributed by atoms with Gasteiger partial charge in [0.2, 0.25) is 11.8 Å². The maximum atomic E-state index is 12.9. The number of nitrogens with one attached hydrogen (secondary N) is 2. The van der Waals surface area contributed by atoms with E-state index in [1.54, 1.807) is 19.2 Å². The summed E-state index contributed by atoms with van der Waals surface area (Å²) >= 11 is 0. The Balaban J connectivity index is 1.35. The van der Waals surface area contributed by atoms with E-state index in [0.717, 1.165) is 24.0 Å². The zero-order valence-corrected chi connectivity index (χ0v) is 21.0. The molecule has 196 valence electrons. The predicted octanol–water partition coefficient (Wildman–Crippen LogP) is 2.21. The molecule has 0 radical (unpaired) electrons. The van der Waals surface area contributed by atoms with Crippen molar-refractivity contribution in [3.8, 4) is 17.2 Å². The molecule has 9 heteroatoms. The summed E-state index contributed by atoms with van der Waals surface area (Å²) in [5.74, 6) is 1.88. The number of carbonyl (C=O) groups excluding carboxylic acids is 3. The number of carbonyl (C=O) groups is 3. The van der Waals surface area contributed by atoms with E-state index in [0.29, 0.717) is 55.6 Å². The summed E-state index contributed by atoms with van der Waals surface area (Å²) in [5, 5.41) is 5.96. The molecule has 4 aliphatic rings. The van der Waals surface area contributed by atoms with Gasteiger partial charge in [0.1, 0.15) is 11.9 Å². The van der Waals surface area contributed by atoms with Gasteiger partial charge in [0, 0.05) is 25.9 Å². The van der Waals surface area contributed by atoms with Crippen molar-refractivity contribution in [2.24, 2.45) is 5.92 Å². The van der Waals surface area contributed by atoms with E-state index in [-0.39, 0.29) is 42.9 Å². The molecule has 0 spiro atoms. The molecule has 2 fully saturated rings. The number of amides is 3. The van der Waals surface area contributed by atoms with E-state index in [1.807, 2.05) is 35.2 Å². The molecular weight excluding hydrogens is 474 g/mol. The molecule has 0 aromatic heterocycles. The number of nitrogens with zero attached hydrogens (tertiary/aromatic N) is 1. The molecule has 2 aromatic rings. The van der Waals surface area contributed by atoms with Crippen LogP contribution in [0.15, 0.2) is 42.5 Å². The number of hydrogen-bond acceptors (Lipinski definition) is 6. The summed E-state index contributed by atoms with van der Waals surface area (Å²) in [7, 11) is 1.54. The highest BCUT2D eigenvalue weighted by Gasteiger charge is 2.39. The Morgan fingerprint density at radius 1 is 1.03 bits per heavy atom. The average Bonchev–Trinajstić information content (AvgIpc) is 3.64. The molecule has 1 saturated carbocycles. The molecule has 4 bridgehead atoms. The van der Waals surface area contributed by atoms with Crippen LogP contribution in [0.3, 0.4) is 0 Å². The second kappa shape index (κ2) is 11.1. The van der Waals surface area contributed by atoms with Gasteiger partial charge in [-0.2, -0.15) is 0 Å². The maximum Gasteiger partial charge on any atom is 0.258 e. The molecule has 3 heterocycles. The molecule has 1 aliphatic carbocycles. The molecule has 6 rings (SSSR count). The summed E-state index contributed by atoms with van der Waals surface area (Å²) < 4.78 is 17.4. The molecular formula is C28H33N3O6. The van der Waals surface area contributed by atoms with Crippen molar-refractivity contribution in [3.05, 3.63) is 53.6 Å². The van der Waals surface area contributed by atoms with Crippen molar-refractivity contribution in [3.63, 3.8) is 0 Å². The first-order chi connectivity index (χ1) is 18.0. The van der Waals surface area contributed by atoms with Gasteiger partial charge in [-0.1, -0.05) is 18.2 Å². The topological polar surface area (TPSA) is 106 Å². The highest BCUT2D eigenvalue weighted by molar-refractivity contribution is 5.79. The van der Waals surface area contributed by atoms with Crippen LogP contribution in [0.5, 0.6) is 17.2 Å². The van der Waals surface area contributed by atoms with Gasteiger partial charge in [-0.25, -0.2) is 0 Å². The first kappa shape index (κ1) is 24.9. The third-order valence-electron chi connectivity index (χ3n) is 7.05. The lowest BCUT2D eigenvalue weighted by atomic mass is 10.1. The smallest absolute Gasteiger partial charge is 0.258 e. The van der Waals surface area contributed by atoms with Gasteiger partial charge in [-0.15, -0.1) is 0 Å². The fourth-order valence-corrected chi connectivity index (χ4v) is 4.72. The van der Waals surface area contributed by atoms with Crippen molar-refractivity contribution in [2.75, 3.05) is 26.8 Å². The van der Waals surface area contributed by atoms with Crippen molar-refractivity contribution < 1.29 is 28.6 Å². The lowest BCUT2D eigenvalue weighted by Gasteiger charge is -2.21. The molecule has 2 atom stereocenters. The zero-order chi connectivity index (χ0) is 25.8. The van der Waals surface area contributed by atoms with Crippen molar-refractivity contribution in [1.29, 1.82) is 0 Å². The van der Waals surface area contributed by atoms with E-state index in [9.17, 15) is 14.4 Å². The van der Waals surface area contributed by atoms with E-state index >= 15 is 0 Å². The summed E-state index contributed by atoms with van der Waals surface area (Å²) in [6, 6.07) is 12.6. The third-order valence-corrected chi connectivity index (χ3v) is 7.05. The summed E-state index contributed by atoms with van der Waals surface area (Å²) in [5.41, 5.74) is 1.80. The summed E-state index contributed by atoms with van der Waals surface area (Å²) in [4.78, 5) is 39.9. The first-order valence-corrected chi connectivity index (χ1v) is 12.9. The van der Waals surface area contributed by atoms with Crippen molar-refractivity contribution in [1.82, 2.24) is 15.5 Å². The number of benzene rings is 2. The molecule has 2 aromatic carbocycles. The van der Waals surface area contributed by atoms with Gasteiger partial charge < -0.3 is 29.7 Å². The monoisotopic (exact) mass is 507 g/mol. The standard InChI is InChI=1S/C28H33N3O6/c1-35-23-10-6-18-7-11-26(32)30-22-15-31(28(34)13-19-2-3-19)16-25(22)37-21-8-4-20(5-9-21)14-29-27(33)17-36-24(23)12-18/h4-6,8-10,12,19,22,25H,2-3,7,11,13-17H2,1H3,(H,29,33)(H,30,32)/t22-,25-/m0/s1. The molecule has 9 nitrogen and oxygen atoms in total. The number of methoxy groups -OCH3 is 1. The lowest BCUT2D eigenvalue weighted by Crippen LogP contribution is -2.45. The zero-order valence-electron chi connectivity index (χ0n) is 21.0. The van der Waals surface area contributed by atoms with Gasteiger partial charge in [0.15, 0.2) is 18.1 Å². The normalized spacial score (nSPS) is 22.4. The van der Waals surface area contributed by atoms with E-state index in [2.05, 4.69) is 10.6 Å². The minimum absolute atomic E-state index is 0.110. The van der Waals surface area contributed by atoms with Crippen LogP contribution in [-0.2, 0) is 27.3 Å². The fourth-order valence-electron chi connectivity index (χ4n) is 4.72. The van der Waals surface area contributed by atoms with Crippen LogP contribution in [-0.4, -0.2) is 61.6 Å². The average molecular weight is 508 g/mol. The highest BCUT2D eigenvalue weighted by Crippen LogP contribution is 2.33. The van der Waals surface area contributed by atoms with Crippen LogP contribution in [0, 0.1) is 5.92 Å². The summed E-state index contributed by atoms with van der Waals surface area (Å²) in [6.45, 7) is 1.08. The largest absolute Gasteiger partial charge is 0.493 e. The molecule has 0 unspecified atom stereocenters. The number of ether oxygens (including phenoxy) is 3. The Kier molecular flexibility index (Phi) is 7.48. The molecule has 2 N–H and O–H groups in total. The Morgan fingerprint density at radius 2 is 1.81 bits per heavy atom. The summed E-state index contributed by atoms with van der Waals surface area (Å²) in [6.07, 6.45) is 3.20. The molecule has 37 heavy (non-hydrogen) atoms. The van der Waals surface area contributed by atoms with Crippen molar-refractivity contribution in [2.45, 2.75) is 50.8 Å². The second-order valence-electron chi connectivity index (χ2n) is 9.97. The number of likely N-dealkylation sites (tertiary alicyclic amines) is 1. The molecule has 3 amide bonds. The second-order valence-corrected chi connectivity index (χ2v) is 9.97. The van der Waals surface area contributed by atoms with Crippen LogP contribution >= 0.6 is 0 Å². The number of rotatable bonds is 3. The van der Waals surface area contributed by atoms with Gasteiger partial charge >= 0.3 is 0 Å². The minimum atomic E-state index is -0.347. The first-order valence-electron chi connectivity index (χ1n) is 12.9. The van der Waals surface area contributed by atoms with E-state index < -0.39 is 0 Å². The lowest BCUT2D eigenvalue weighted by molar-refractivity contribution is -0.131. The predicted molar refractivity (Wildman–Crippen MR) is 135 cm³/mol. The van der Waals surface area contributed by atoms with Crippen LogP contribution in [0.4, 0.5) is 0 Å². The molecule has 3 aliphatic heterocycles. The van der Waals surface area contributed by atoms with Crippen LogP contribution in [0.2, 0.25) is 0 Å².